The summed E-state index contributed by atoms with van der Waals surface area (Å²) in [5.74, 6) is -0.410. The molecule has 0 atom stereocenters. The number of benzene rings is 1. The van der Waals surface area contributed by atoms with E-state index in [1.807, 2.05) is 39.0 Å². The van der Waals surface area contributed by atoms with Crippen molar-refractivity contribution in [1.29, 1.82) is 0 Å². The van der Waals surface area contributed by atoms with Gasteiger partial charge in [0.25, 0.3) is 0 Å². The van der Waals surface area contributed by atoms with E-state index in [9.17, 15) is 9.59 Å². The summed E-state index contributed by atoms with van der Waals surface area (Å²) in [5.41, 5.74) is 0.897. The van der Waals surface area contributed by atoms with Crippen LogP contribution in [-0.4, -0.2) is 24.0 Å². The van der Waals surface area contributed by atoms with Crippen molar-refractivity contribution in [3.8, 4) is 0 Å². The molecule has 0 aliphatic rings. The number of amides is 1. The summed E-state index contributed by atoms with van der Waals surface area (Å²) in [6.07, 6.45) is 3.68. The lowest BCUT2D eigenvalue weighted by Crippen LogP contribution is -2.23. The number of nitrogens with one attached hydrogen (secondary N) is 1. The normalized spacial score (nSPS) is 11.4. The summed E-state index contributed by atoms with van der Waals surface area (Å²) in [7, 11) is 0. The molecule has 0 aliphatic heterocycles. The van der Waals surface area contributed by atoms with Gasteiger partial charge in [-0.15, -0.1) is 0 Å². The second kappa shape index (κ2) is 6.89. The Morgan fingerprint density at radius 2 is 2.00 bits per heavy atom. The van der Waals surface area contributed by atoms with Crippen molar-refractivity contribution in [3.63, 3.8) is 0 Å². The van der Waals surface area contributed by atoms with Gasteiger partial charge in [-0.25, -0.2) is 4.79 Å². The second-order valence-electron chi connectivity index (χ2n) is 5.47. The Morgan fingerprint density at radius 1 is 1.30 bits per heavy atom. The number of esters is 1. The summed E-state index contributed by atoms with van der Waals surface area (Å²) in [5, 5.41) is 2.67. The van der Waals surface area contributed by atoms with Gasteiger partial charge >= 0.3 is 5.97 Å². The number of ether oxygens (including phenoxy) is 1. The Kier molecular flexibility index (Phi) is 5.50. The molecular formula is C16H21NO3. The molecule has 1 aromatic rings. The first-order chi connectivity index (χ1) is 9.28. The highest BCUT2D eigenvalue weighted by atomic mass is 16.6. The number of hydrogen-bond donors (Lipinski definition) is 1. The van der Waals surface area contributed by atoms with E-state index >= 15 is 0 Å². The first-order valence-corrected chi connectivity index (χ1v) is 6.52. The van der Waals surface area contributed by atoms with Gasteiger partial charge in [-0.2, -0.15) is 0 Å². The molecule has 20 heavy (non-hydrogen) atoms. The summed E-state index contributed by atoms with van der Waals surface area (Å²) in [4.78, 5) is 22.7. The number of carbonyl (C=O) groups is 2. The lowest BCUT2D eigenvalue weighted by Gasteiger charge is -2.19. The fourth-order valence-electron chi connectivity index (χ4n) is 1.50. The fourth-order valence-corrected chi connectivity index (χ4v) is 1.50. The Bertz CT molecular complexity index is 513. The summed E-state index contributed by atoms with van der Waals surface area (Å²) in [6, 6.07) is 7.17. The third-order valence-corrected chi connectivity index (χ3v) is 2.30. The SMILES string of the molecule is CC(=O)NCC=Cc1cccc(C(=O)OC(C)(C)C)c1. The van der Waals surface area contributed by atoms with Gasteiger partial charge in [0.15, 0.2) is 0 Å². The standard InChI is InChI=1S/C16H21NO3/c1-12(18)17-10-6-8-13-7-5-9-14(11-13)15(19)20-16(2,3)4/h5-9,11H,10H2,1-4H3,(H,17,18). The van der Waals surface area contributed by atoms with Crippen molar-refractivity contribution in [2.75, 3.05) is 6.54 Å². The lowest BCUT2D eigenvalue weighted by molar-refractivity contribution is -0.118. The molecule has 4 heteroatoms. The van der Waals surface area contributed by atoms with Crippen LogP contribution >= 0.6 is 0 Å². The minimum atomic E-state index is -0.506. The zero-order valence-corrected chi connectivity index (χ0v) is 12.4. The van der Waals surface area contributed by atoms with Crippen LogP contribution in [0.2, 0.25) is 0 Å². The van der Waals surface area contributed by atoms with Gasteiger partial charge in [0.05, 0.1) is 5.56 Å². The Morgan fingerprint density at radius 3 is 2.60 bits per heavy atom. The quantitative estimate of drug-likeness (QED) is 0.860. The molecule has 1 rings (SSSR count). The zero-order valence-electron chi connectivity index (χ0n) is 12.4. The summed E-state index contributed by atoms with van der Waals surface area (Å²) in [6.45, 7) is 7.44. The Hall–Kier alpha value is -2.10. The van der Waals surface area contributed by atoms with Gasteiger partial charge in [0, 0.05) is 13.5 Å². The third kappa shape index (κ3) is 6.18. The molecule has 0 fully saturated rings. The smallest absolute Gasteiger partial charge is 0.338 e. The van der Waals surface area contributed by atoms with Gasteiger partial charge < -0.3 is 10.1 Å². The van der Waals surface area contributed by atoms with Crippen LogP contribution in [0.1, 0.15) is 43.6 Å². The molecule has 0 heterocycles. The van der Waals surface area contributed by atoms with Crippen molar-refractivity contribution < 1.29 is 14.3 Å². The van der Waals surface area contributed by atoms with E-state index in [4.69, 9.17) is 4.74 Å². The van der Waals surface area contributed by atoms with Crippen LogP contribution < -0.4 is 5.32 Å². The molecule has 4 nitrogen and oxygen atoms in total. The van der Waals surface area contributed by atoms with Crippen molar-refractivity contribution >= 4 is 18.0 Å². The van der Waals surface area contributed by atoms with Crippen LogP contribution in [0.25, 0.3) is 6.08 Å². The second-order valence-corrected chi connectivity index (χ2v) is 5.47. The van der Waals surface area contributed by atoms with Crippen molar-refractivity contribution in [3.05, 3.63) is 41.5 Å². The minimum absolute atomic E-state index is 0.0721. The van der Waals surface area contributed by atoms with Crippen molar-refractivity contribution in [2.45, 2.75) is 33.3 Å². The van der Waals surface area contributed by atoms with E-state index in [0.29, 0.717) is 12.1 Å². The Labute approximate surface area is 119 Å². The largest absolute Gasteiger partial charge is 0.456 e. The molecule has 1 N–H and O–H groups in total. The van der Waals surface area contributed by atoms with Crippen LogP contribution in [0.4, 0.5) is 0 Å². The summed E-state index contributed by atoms with van der Waals surface area (Å²) < 4.78 is 5.32. The van der Waals surface area contributed by atoms with Crippen LogP contribution in [0.3, 0.4) is 0 Å². The van der Waals surface area contributed by atoms with E-state index < -0.39 is 5.60 Å². The first-order valence-electron chi connectivity index (χ1n) is 6.52. The Balaban J connectivity index is 2.70. The van der Waals surface area contributed by atoms with Crippen molar-refractivity contribution in [2.24, 2.45) is 0 Å². The maximum absolute atomic E-state index is 11.9. The van der Waals surface area contributed by atoms with Gasteiger partial charge in [-0.3, -0.25) is 4.79 Å². The van der Waals surface area contributed by atoms with Gasteiger partial charge in [-0.05, 0) is 38.5 Å². The molecule has 0 radical (unpaired) electrons. The number of carbonyl (C=O) groups excluding carboxylic acids is 2. The number of rotatable bonds is 4. The van der Waals surface area contributed by atoms with Gasteiger partial charge in [0.2, 0.25) is 5.91 Å². The molecular weight excluding hydrogens is 254 g/mol. The monoisotopic (exact) mass is 275 g/mol. The summed E-state index contributed by atoms with van der Waals surface area (Å²) >= 11 is 0. The van der Waals surface area contributed by atoms with E-state index in [1.54, 1.807) is 18.2 Å². The predicted molar refractivity (Wildman–Crippen MR) is 79.3 cm³/mol. The third-order valence-electron chi connectivity index (χ3n) is 2.30. The molecule has 1 amide bonds. The average molecular weight is 275 g/mol. The maximum atomic E-state index is 11.9. The first kappa shape index (κ1) is 16.0. The topological polar surface area (TPSA) is 55.4 Å². The maximum Gasteiger partial charge on any atom is 0.338 e. The molecule has 0 bridgehead atoms. The molecule has 0 unspecified atom stereocenters. The highest BCUT2D eigenvalue weighted by Gasteiger charge is 2.17. The fraction of sp³-hybridized carbons (Fsp3) is 0.375. The van der Waals surface area contributed by atoms with E-state index in [1.165, 1.54) is 6.92 Å². The molecule has 0 saturated carbocycles. The van der Waals surface area contributed by atoms with Gasteiger partial charge in [0.1, 0.15) is 5.60 Å². The van der Waals surface area contributed by atoms with E-state index in [-0.39, 0.29) is 11.9 Å². The molecule has 1 aromatic carbocycles. The van der Waals surface area contributed by atoms with Crippen LogP contribution in [0, 0.1) is 0 Å². The lowest BCUT2D eigenvalue weighted by atomic mass is 10.1. The molecule has 0 aromatic heterocycles. The van der Waals surface area contributed by atoms with Gasteiger partial charge in [-0.1, -0.05) is 24.3 Å². The molecule has 108 valence electrons. The minimum Gasteiger partial charge on any atom is -0.456 e. The predicted octanol–water partition coefficient (Wildman–Crippen LogP) is 2.79. The highest BCUT2D eigenvalue weighted by Crippen LogP contribution is 2.14. The molecule has 0 saturated heterocycles. The van der Waals surface area contributed by atoms with E-state index in [2.05, 4.69) is 5.32 Å². The van der Waals surface area contributed by atoms with E-state index in [0.717, 1.165) is 5.56 Å². The molecule has 0 aliphatic carbocycles. The van der Waals surface area contributed by atoms with Crippen LogP contribution in [0.5, 0.6) is 0 Å². The van der Waals surface area contributed by atoms with Crippen molar-refractivity contribution in [1.82, 2.24) is 5.32 Å². The zero-order chi connectivity index (χ0) is 15.2. The van der Waals surface area contributed by atoms with Crippen LogP contribution in [0.15, 0.2) is 30.3 Å². The molecule has 0 spiro atoms. The van der Waals surface area contributed by atoms with Crippen LogP contribution in [-0.2, 0) is 9.53 Å². The average Bonchev–Trinajstić information content (AvgIpc) is 2.33. The number of hydrogen-bond acceptors (Lipinski definition) is 3. The highest BCUT2D eigenvalue weighted by molar-refractivity contribution is 5.90.